The first-order valence-electron chi connectivity index (χ1n) is 4.24. The lowest BCUT2D eigenvalue weighted by atomic mass is 10.0. The van der Waals surface area contributed by atoms with Crippen LogP contribution in [0.25, 0.3) is 11.0 Å². The van der Waals surface area contributed by atoms with Crippen LogP contribution in [0.4, 0.5) is 0 Å². The van der Waals surface area contributed by atoms with Crippen LogP contribution in [0.3, 0.4) is 0 Å². The van der Waals surface area contributed by atoms with E-state index in [9.17, 15) is 0 Å². The van der Waals surface area contributed by atoms with Crippen molar-refractivity contribution < 1.29 is 4.42 Å². The molecule has 1 atom stereocenters. The fraction of sp³-hybridized carbons (Fsp3) is 0.167. The predicted molar refractivity (Wildman–Crippen MR) is 53.5 cm³/mol. The van der Waals surface area contributed by atoms with Crippen molar-refractivity contribution in [2.45, 2.75) is 12.8 Å². The molecule has 13 heavy (non-hydrogen) atoms. The molecule has 0 aliphatic carbocycles. The summed E-state index contributed by atoms with van der Waals surface area (Å²) in [5, 5.41) is 1.11. The minimum atomic E-state index is 0.166. The van der Waals surface area contributed by atoms with E-state index in [2.05, 4.69) is 12.0 Å². The highest BCUT2D eigenvalue weighted by Gasteiger charge is 2.03. The van der Waals surface area contributed by atoms with Gasteiger partial charge in [-0.2, -0.15) is 0 Å². The molecule has 1 heterocycles. The van der Waals surface area contributed by atoms with Gasteiger partial charge in [0.2, 0.25) is 0 Å². The van der Waals surface area contributed by atoms with Gasteiger partial charge in [-0.05, 0) is 30.7 Å². The van der Waals surface area contributed by atoms with Gasteiger partial charge in [0.25, 0.3) is 0 Å². The topological polar surface area (TPSA) is 13.1 Å². The lowest BCUT2D eigenvalue weighted by Crippen LogP contribution is -1.87. The first kappa shape index (κ1) is 7.94. The van der Waals surface area contributed by atoms with Gasteiger partial charge < -0.3 is 4.42 Å². The molecule has 0 saturated heterocycles. The Kier molecular flexibility index (Phi) is 1.83. The van der Waals surface area contributed by atoms with Gasteiger partial charge in [0.15, 0.2) is 0 Å². The summed E-state index contributed by atoms with van der Waals surface area (Å²) >= 11 is 0. The van der Waals surface area contributed by atoms with E-state index < -0.39 is 0 Å². The van der Waals surface area contributed by atoms with E-state index in [4.69, 9.17) is 10.8 Å². The predicted octanol–water partition coefficient (Wildman–Crippen LogP) is 3.17. The zero-order valence-electron chi connectivity index (χ0n) is 7.45. The third-order valence-electron chi connectivity index (χ3n) is 2.23. The second-order valence-electron chi connectivity index (χ2n) is 3.11. The number of hydrogen-bond donors (Lipinski definition) is 0. The maximum absolute atomic E-state index is 5.35. The molecule has 0 bridgehead atoms. The van der Waals surface area contributed by atoms with Crippen LogP contribution >= 0.6 is 0 Å². The largest absolute Gasteiger partial charge is 0.464 e. The molecule has 0 spiro atoms. The summed E-state index contributed by atoms with van der Waals surface area (Å²) in [6.45, 7) is 2.02. The number of hydrogen-bond acceptors (Lipinski definition) is 1. The molecule has 1 aromatic carbocycles. The molecule has 2 aromatic rings. The third-order valence-corrected chi connectivity index (χ3v) is 2.23. The van der Waals surface area contributed by atoms with E-state index in [0.29, 0.717) is 0 Å². The van der Waals surface area contributed by atoms with E-state index >= 15 is 0 Å². The molecule has 1 unspecified atom stereocenters. The summed E-state index contributed by atoms with van der Waals surface area (Å²) in [5.74, 6) is 2.87. The molecule has 0 fully saturated rings. The van der Waals surface area contributed by atoms with Crippen LogP contribution in [0.15, 0.2) is 34.9 Å². The Morgan fingerprint density at radius 3 is 3.00 bits per heavy atom. The fourth-order valence-corrected chi connectivity index (χ4v) is 1.35. The van der Waals surface area contributed by atoms with E-state index in [1.54, 1.807) is 6.26 Å². The number of fused-ring (bicyclic) bond motifs is 1. The first-order valence-corrected chi connectivity index (χ1v) is 4.24. The van der Waals surface area contributed by atoms with Gasteiger partial charge in [-0.1, -0.05) is 12.0 Å². The Balaban J connectivity index is 2.55. The van der Waals surface area contributed by atoms with Crippen LogP contribution in [0, 0.1) is 12.3 Å². The van der Waals surface area contributed by atoms with E-state index in [1.807, 2.05) is 25.1 Å². The lowest BCUT2D eigenvalue weighted by Gasteiger charge is -2.02. The lowest BCUT2D eigenvalue weighted by molar-refractivity contribution is 0.616. The highest BCUT2D eigenvalue weighted by atomic mass is 16.3. The highest BCUT2D eigenvalue weighted by molar-refractivity contribution is 5.77. The smallest absolute Gasteiger partial charge is 0.133 e. The second kappa shape index (κ2) is 2.99. The van der Waals surface area contributed by atoms with Crippen molar-refractivity contribution in [2.75, 3.05) is 0 Å². The molecular weight excluding hydrogens is 160 g/mol. The summed E-state index contributed by atoms with van der Waals surface area (Å²) in [6.07, 6.45) is 7.04. The quantitative estimate of drug-likeness (QED) is 0.599. The molecule has 0 amide bonds. The Bertz CT molecular complexity index is 459. The molecule has 1 aromatic heterocycles. The number of terminal acetylenes is 1. The molecule has 0 saturated carbocycles. The zero-order valence-corrected chi connectivity index (χ0v) is 7.45. The van der Waals surface area contributed by atoms with E-state index in [-0.39, 0.29) is 5.92 Å². The molecule has 0 radical (unpaired) electrons. The maximum Gasteiger partial charge on any atom is 0.133 e. The van der Waals surface area contributed by atoms with Gasteiger partial charge in [0.1, 0.15) is 5.58 Å². The van der Waals surface area contributed by atoms with Crippen LogP contribution in [0.2, 0.25) is 0 Å². The Labute approximate surface area is 77.4 Å². The average molecular weight is 170 g/mol. The molecule has 0 N–H and O–H groups in total. The number of rotatable bonds is 1. The molecule has 0 aliphatic heterocycles. The van der Waals surface area contributed by atoms with Crippen LogP contribution in [-0.2, 0) is 0 Å². The van der Waals surface area contributed by atoms with Gasteiger partial charge in [0, 0.05) is 11.3 Å². The van der Waals surface area contributed by atoms with Crippen LogP contribution < -0.4 is 0 Å². The highest BCUT2D eigenvalue weighted by Crippen LogP contribution is 2.21. The number of furan rings is 1. The van der Waals surface area contributed by atoms with Gasteiger partial charge in [-0.3, -0.25) is 0 Å². The average Bonchev–Trinajstić information content (AvgIpc) is 2.63. The fourth-order valence-electron chi connectivity index (χ4n) is 1.35. The standard InChI is InChI=1S/C12H10O/c1-3-9(2)10-4-5-12-11(8-10)6-7-13-12/h1,4-9H,2H3. The van der Waals surface area contributed by atoms with Gasteiger partial charge in [-0.15, -0.1) is 6.42 Å². The zero-order chi connectivity index (χ0) is 9.26. The molecule has 1 nitrogen and oxygen atoms in total. The van der Waals surface area contributed by atoms with Crippen LogP contribution in [0.5, 0.6) is 0 Å². The first-order chi connectivity index (χ1) is 6.31. The SMILES string of the molecule is C#CC(C)c1ccc2occc2c1. The third kappa shape index (κ3) is 1.31. The second-order valence-corrected chi connectivity index (χ2v) is 3.11. The van der Waals surface area contributed by atoms with Crippen molar-refractivity contribution in [1.82, 2.24) is 0 Å². The summed E-state index contributed by atoms with van der Waals surface area (Å²) in [4.78, 5) is 0. The monoisotopic (exact) mass is 170 g/mol. The Morgan fingerprint density at radius 1 is 1.38 bits per heavy atom. The molecule has 64 valence electrons. The number of benzene rings is 1. The summed E-state index contributed by atoms with van der Waals surface area (Å²) < 4.78 is 5.23. The van der Waals surface area contributed by atoms with E-state index in [1.165, 1.54) is 0 Å². The summed E-state index contributed by atoms with van der Waals surface area (Å²) in [7, 11) is 0. The molecular formula is C12H10O. The van der Waals surface area contributed by atoms with Crippen molar-refractivity contribution in [1.29, 1.82) is 0 Å². The van der Waals surface area contributed by atoms with Crippen molar-refractivity contribution in [3.8, 4) is 12.3 Å². The summed E-state index contributed by atoms with van der Waals surface area (Å²) in [6, 6.07) is 7.99. The molecule has 2 rings (SSSR count). The van der Waals surface area contributed by atoms with E-state index in [0.717, 1.165) is 16.5 Å². The minimum absolute atomic E-state index is 0.166. The van der Waals surface area contributed by atoms with Crippen molar-refractivity contribution in [2.24, 2.45) is 0 Å². The van der Waals surface area contributed by atoms with Crippen molar-refractivity contribution >= 4 is 11.0 Å². The Hall–Kier alpha value is -1.68. The minimum Gasteiger partial charge on any atom is -0.464 e. The van der Waals surface area contributed by atoms with Crippen molar-refractivity contribution in [3.63, 3.8) is 0 Å². The van der Waals surface area contributed by atoms with Crippen LogP contribution in [0.1, 0.15) is 18.4 Å². The molecule has 0 aliphatic rings. The van der Waals surface area contributed by atoms with Gasteiger partial charge in [0.05, 0.1) is 6.26 Å². The summed E-state index contributed by atoms with van der Waals surface area (Å²) in [5.41, 5.74) is 2.07. The molecule has 1 heteroatoms. The van der Waals surface area contributed by atoms with Crippen molar-refractivity contribution in [3.05, 3.63) is 36.1 Å². The maximum atomic E-state index is 5.35. The van der Waals surface area contributed by atoms with Gasteiger partial charge >= 0.3 is 0 Å². The Morgan fingerprint density at radius 2 is 2.23 bits per heavy atom. The van der Waals surface area contributed by atoms with Gasteiger partial charge in [-0.25, -0.2) is 0 Å². The van der Waals surface area contributed by atoms with Crippen LogP contribution in [-0.4, -0.2) is 0 Å². The normalized spacial score (nSPS) is 12.6.